The van der Waals surface area contributed by atoms with Crippen LogP contribution in [0.4, 0.5) is 5.69 Å². The molecule has 0 bridgehead atoms. The quantitative estimate of drug-likeness (QED) is 0.759. The number of fused-ring (bicyclic) bond motifs is 1. The Morgan fingerprint density at radius 1 is 1.26 bits per heavy atom. The van der Waals surface area contributed by atoms with Crippen LogP contribution in [0.3, 0.4) is 0 Å². The Hall–Kier alpha value is -3.32. The number of ether oxygens (including phenoxy) is 1. The molecule has 4 rings (SSSR count). The molecule has 0 spiro atoms. The van der Waals surface area contributed by atoms with Crippen molar-refractivity contribution in [3.63, 3.8) is 0 Å². The van der Waals surface area contributed by atoms with Crippen molar-refractivity contribution in [3.05, 3.63) is 47.0 Å². The minimum absolute atomic E-state index is 0.241. The van der Waals surface area contributed by atoms with Gasteiger partial charge in [0.25, 0.3) is 0 Å². The Kier molecular flexibility index (Phi) is 4.29. The van der Waals surface area contributed by atoms with Crippen molar-refractivity contribution in [2.75, 3.05) is 24.6 Å². The van der Waals surface area contributed by atoms with E-state index in [2.05, 4.69) is 22.0 Å². The zero-order valence-corrected chi connectivity index (χ0v) is 15.1. The number of esters is 1. The highest BCUT2D eigenvalue weighted by atomic mass is 16.5. The molecule has 2 aliphatic rings. The monoisotopic (exact) mass is 361 g/mol. The summed E-state index contributed by atoms with van der Waals surface area (Å²) in [4.78, 5) is 18.0. The number of hydrogen-bond acceptors (Lipinski definition) is 6. The van der Waals surface area contributed by atoms with E-state index in [1.807, 2.05) is 12.1 Å². The van der Waals surface area contributed by atoms with Crippen LogP contribution in [0.2, 0.25) is 0 Å². The summed E-state index contributed by atoms with van der Waals surface area (Å²) in [5.41, 5.74) is 2.87. The minimum atomic E-state index is -0.463. The van der Waals surface area contributed by atoms with Gasteiger partial charge in [0.1, 0.15) is 12.1 Å². The van der Waals surface area contributed by atoms with E-state index in [-0.39, 0.29) is 5.69 Å². The highest BCUT2D eigenvalue weighted by Gasteiger charge is 2.46. The molecule has 2 heterocycles. The number of nitrogens with zero attached hydrogens (tertiary/aromatic N) is 5. The zero-order valence-electron chi connectivity index (χ0n) is 15.1. The summed E-state index contributed by atoms with van der Waals surface area (Å²) in [6, 6.07) is 8.15. The SMILES string of the molecule is CCOC(=O)c1cn(Cc2cc(C#N)c(N3CC4CC4C3)c(C#N)c2)cn1. The second kappa shape index (κ2) is 6.77. The van der Waals surface area contributed by atoms with Crippen LogP contribution in [0.1, 0.15) is 40.5 Å². The molecular weight excluding hydrogens is 342 g/mol. The largest absolute Gasteiger partial charge is 0.461 e. The van der Waals surface area contributed by atoms with Gasteiger partial charge in [0, 0.05) is 25.8 Å². The van der Waals surface area contributed by atoms with Gasteiger partial charge in [-0.05, 0) is 42.9 Å². The van der Waals surface area contributed by atoms with Crippen molar-refractivity contribution in [2.45, 2.75) is 19.9 Å². The van der Waals surface area contributed by atoms with Crippen LogP contribution in [0, 0.1) is 34.5 Å². The van der Waals surface area contributed by atoms with E-state index in [1.165, 1.54) is 6.42 Å². The molecule has 7 heteroatoms. The van der Waals surface area contributed by atoms with Crippen LogP contribution in [-0.4, -0.2) is 35.2 Å². The van der Waals surface area contributed by atoms with Crippen molar-refractivity contribution in [1.82, 2.24) is 9.55 Å². The maximum absolute atomic E-state index is 11.7. The molecule has 27 heavy (non-hydrogen) atoms. The number of imidazole rings is 1. The molecule has 2 aromatic rings. The molecular formula is C20H19N5O2. The molecule has 2 fully saturated rings. The van der Waals surface area contributed by atoms with Gasteiger partial charge in [-0.25, -0.2) is 9.78 Å². The topological polar surface area (TPSA) is 94.9 Å². The number of piperidine rings is 1. The second-order valence-electron chi connectivity index (χ2n) is 7.08. The Morgan fingerprint density at radius 3 is 2.52 bits per heavy atom. The third kappa shape index (κ3) is 3.24. The third-order valence-corrected chi connectivity index (χ3v) is 5.19. The number of hydrogen-bond donors (Lipinski definition) is 0. The van der Waals surface area contributed by atoms with Crippen molar-refractivity contribution >= 4 is 11.7 Å². The fourth-order valence-corrected chi connectivity index (χ4v) is 3.85. The Labute approximate surface area is 157 Å². The van der Waals surface area contributed by atoms with Crippen molar-refractivity contribution in [3.8, 4) is 12.1 Å². The maximum atomic E-state index is 11.7. The lowest BCUT2D eigenvalue weighted by molar-refractivity contribution is 0.0520. The number of aromatic nitrogens is 2. The van der Waals surface area contributed by atoms with Gasteiger partial charge in [-0.1, -0.05) is 0 Å². The van der Waals surface area contributed by atoms with E-state index in [4.69, 9.17) is 4.74 Å². The van der Waals surface area contributed by atoms with Gasteiger partial charge < -0.3 is 14.2 Å². The maximum Gasteiger partial charge on any atom is 0.358 e. The van der Waals surface area contributed by atoms with Crippen LogP contribution < -0.4 is 4.90 Å². The number of anilines is 1. The molecule has 0 radical (unpaired) electrons. The lowest BCUT2D eigenvalue weighted by Crippen LogP contribution is -2.24. The summed E-state index contributed by atoms with van der Waals surface area (Å²) in [6.07, 6.45) is 4.42. The minimum Gasteiger partial charge on any atom is -0.461 e. The number of carbonyl (C=O) groups excluding carboxylic acids is 1. The van der Waals surface area contributed by atoms with Crippen molar-refractivity contribution < 1.29 is 9.53 Å². The normalized spacial score (nSPS) is 19.9. The van der Waals surface area contributed by atoms with Crippen LogP contribution >= 0.6 is 0 Å². The van der Waals surface area contributed by atoms with Gasteiger partial charge in [0.2, 0.25) is 0 Å². The first-order valence-corrected chi connectivity index (χ1v) is 9.03. The number of nitriles is 2. The van der Waals surface area contributed by atoms with Gasteiger partial charge in [0.15, 0.2) is 5.69 Å². The number of benzene rings is 1. The lowest BCUT2D eigenvalue weighted by atomic mass is 10.0. The molecule has 2 unspecified atom stereocenters. The van der Waals surface area contributed by atoms with Crippen LogP contribution in [0.15, 0.2) is 24.7 Å². The molecule has 7 nitrogen and oxygen atoms in total. The summed E-state index contributed by atoms with van der Waals surface area (Å²) in [5, 5.41) is 19.3. The molecule has 1 saturated heterocycles. The molecule has 1 aromatic heterocycles. The van der Waals surface area contributed by atoms with Gasteiger partial charge in [-0.3, -0.25) is 0 Å². The molecule has 136 valence electrons. The lowest BCUT2D eigenvalue weighted by Gasteiger charge is -2.23. The van der Waals surface area contributed by atoms with E-state index in [9.17, 15) is 15.3 Å². The van der Waals surface area contributed by atoms with E-state index < -0.39 is 5.97 Å². The summed E-state index contributed by atoms with van der Waals surface area (Å²) in [7, 11) is 0. The summed E-state index contributed by atoms with van der Waals surface area (Å²) >= 11 is 0. The van der Waals surface area contributed by atoms with Crippen molar-refractivity contribution in [2.24, 2.45) is 11.8 Å². The Morgan fingerprint density at radius 2 is 1.93 bits per heavy atom. The smallest absolute Gasteiger partial charge is 0.358 e. The average molecular weight is 361 g/mol. The average Bonchev–Trinajstić information content (AvgIpc) is 3.07. The van der Waals surface area contributed by atoms with Gasteiger partial charge in [0.05, 0.1) is 29.7 Å². The van der Waals surface area contributed by atoms with Gasteiger partial charge in [-0.15, -0.1) is 0 Å². The first-order chi connectivity index (χ1) is 13.1. The van der Waals surface area contributed by atoms with E-state index in [1.54, 1.807) is 24.0 Å². The molecule has 1 saturated carbocycles. The molecule has 1 aromatic carbocycles. The standard InChI is InChI=1S/C20H19N5O2/c1-2-27-20(26)18-11-24(12-23-18)8-13-3-14(6-21)19(15(4-13)7-22)25-9-16-5-17(16)10-25/h3-4,11-12,16-17H,2,5,8-10H2,1H3. The Balaban J connectivity index is 1.60. The summed E-state index contributed by atoms with van der Waals surface area (Å²) in [5.74, 6) is 0.972. The summed E-state index contributed by atoms with van der Waals surface area (Å²) in [6.45, 7) is 4.31. The first kappa shape index (κ1) is 17.1. The highest BCUT2D eigenvalue weighted by molar-refractivity contribution is 5.86. The molecule has 0 amide bonds. The molecule has 2 atom stereocenters. The predicted molar refractivity (Wildman–Crippen MR) is 97.0 cm³/mol. The molecule has 1 aliphatic heterocycles. The van der Waals surface area contributed by atoms with Crippen LogP contribution in [-0.2, 0) is 11.3 Å². The third-order valence-electron chi connectivity index (χ3n) is 5.19. The van der Waals surface area contributed by atoms with E-state index in [0.29, 0.717) is 24.3 Å². The molecule has 1 aliphatic carbocycles. The second-order valence-corrected chi connectivity index (χ2v) is 7.08. The fourth-order valence-electron chi connectivity index (χ4n) is 3.85. The fraction of sp³-hybridized carbons (Fsp3) is 0.400. The number of rotatable bonds is 5. The Bertz CT molecular complexity index is 936. The van der Waals surface area contributed by atoms with Crippen LogP contribution in [0.5, 0.6) is 0 Å². The summed E-state index contributed by atoms with van der Waals surface area (Å²) < 4.78 is 6.69. The zero-order chi connectivity index (χ0) is 19.0. The first-order valence-electron chi connectivity index (χ1n) is 9.03. The predicted octanol–water partition coefficient (Wildman–Crippen LogP) is 2.31. The van der Waals surface area contributed by atoms with Gasteiger partial charge >= 0.3 is 5.97 Å². The number of carbonyl (C=O) groups is 1. The van der Waals surface area contributed by atoms with Crippen LogP contribution in [0.25, 0.3) is 0 Å². The van der Waals surface area contributed by atoms with E-state index in [0.717, 1.165) is 36.2 Å². The van der Waals surface area contributed by atoms with Gasteiger partial charge in [-0.2, -0.15) is 10.5 Å². The van der Waals surface area contributed by atoms with Crippen molar-refractivity contribution in [1.29, 1.82) is 10.5 Å². The highest BCUT2D eigenvalue weighted by Crippen LogP contribution is 2.47. The molecule has 0 N–H and O–H groups in total. The van der Waals surface area contributed by atoms with E-state index >= 15 is 0 Å².